The smallest absolute Gasteiger partial charge is 0.0978 e. The molecule has 1 aliphatic rings. The molecule has 0 bridgehead atoms. The van der Waals surface area contributed by atoms with Gasteiger partial charge in [0.05, 0.1) is 5.04 Å². The lowest BCUT2D eigenvalue weighted by Crippen LogP contribution is -1.90. The van der Waals surface area contributed by atoms with E-state index in [1.54, 1.807) is 0 Å². The van der Waals surface area contributed by atoms with E-state index in [4.69, 9.17) is 0 Å². The molecule has 0 aliphatic carbocycles. The largest absolute Gasteiger partial charge is 0.277 e. The molecule has 1 heterocycles. The van der Waals surface area contributed by atoms with E-state index in [1.165, 1.54) is 10.6 Å². The third-order valence-corrected chi connectivity index (χ3v) is 3.18. The number of rotatable bonds is 1. The molecule has 3 heteroatoms. The van der Waals surface area contributed by atoms with Crippen molar-refractivity contribution >= 4 is 32.7 Å². The average molecular weight is 242 g/mol. The summed E-state index contributed by atoms with van der Waals surface area (Å²) in [5.74, 6) is 1.13. The molecule has 0 radical (unpaired) electrons. The molecule has 0 saturated carbocycles. The molecule has 12 heavy (non-hydrogen) atoms. The third kappa shape index (κ3) is 1.72. The van der Waals surface area contributed by atoms with E-state index in [2.05, 4.69) is 33.1 Å². The molecule has 1 aromatic rings. The number of nitrogens with zero attached hydrogens (tertiary/aromatic N) is 1. The normalized spacial score (nSPS) is 16.2. The first kappa shape index (κ1) is 8.32. The topological polar surface area (TPSA) is 12.4 Å². The van der Waals surface area contributed by atoms with E-state index in [9.17, 15) is 0 Å². The van der Waals surface area contributed by atoms with Gasteiger partial charge in [-0.25, -0.2) is 0 Å². The van der Waals surface area contributed by atoms with Gasteiger partial charge in [0.25, 0.3) is 0 Å². The Morgan fingerprint density at radius 2 is 2.33 bits per heavy atom. The highest BCUT2D eigenvalue weighted by molar-refractivity contribution is 9.10. The van der Waals surface area contributed by atoms with Crippen molar-refractivity contribution in [2.24, 2.45) is 4.99 Å². The maximum Gasteiger partial charge on any atom is 0.0978 e. The van der Waals surface area contributed by atoms with Crippen LogP contribution in [0.4, 0.5) is 0 Å². The maximum atomic E-state index is 4.41. The summed E-state index contributed by atoms with van der Waals surface area (Å²) in [6.45, 7) is 0.965. The lowest BCUT2D eigenvalue weighted by atomic mass is 10.2. The molecule has 0 spiro atoms. The zero-order valence-corrected chi connectivity index (χ0v) is 8.86. The molecule has 62 valence electrons. The molecular weight excluding hydrogens is 234 g/mol. The van der Waals surface area contributed by atoms with Crippen LogP contribution >= 0.6 is 27.7 Å². The van der Waals surface area contributed by atoms with E-state index < -0.39 is 0 Å². The molecule has 0 amide bonds. The highest BCUT2D eigenvalue weighted by Gasteiger charge is 2.08. The van der Waals surface area contributed by atoms with Crippen molar-refractivity contribution in [2.75, 3.05) is 12.3 Å². The van der Waals surface area contributed by atoms with Crippen molar-refractivity contribution in [3.05, 3.63) is 34.3 Å². The van der Waals surface area contributed by atoms with Crippen molar-refractivity contribution in [1.29, 1.82) is 0 Å². The molecule has 1 aromatic carbocycles. The van der Waals surface area contributed by atoms with Crippen LogP contribution in [0.15, 0.2) is 33.7 Å². The minimum absolute atomic E-state index is 0.965. The number of hydrogen-bond donors (Lipinski definition) is 0. The Morgan fingerprint density at radius 1 is 1.42 bits per heavy atom. The monoisotopic (exact) mass is 241 g/mol. The Bertz CT molecular complexity index is 322. The fourth-order valence-electron chi connectivity index (χ4n) is 1.13. The predicted molar refractivity (Wildman–Crippen MR) is 58.0 cm³/mol. The van der Waals surface area contributed by atoms with Gasteiger partial charge in [0.2, 0.25) is 0 Å². The van der Waals surface area contributed by atoms with Gasteiger partial charge in [0.1, 0.15) is 0 Å². The van der Waals surface area contributed by atoms with E-state index in [1.807, 2.05) is 23.9 Å². The summed E-state index contributed by atoms with van der Waals surface area (Å²) in [6.07, 6.45) is 0. The first-order valence-electron chi connectivity index (χ1n) is 3.79. The van der Waals surface area contributed by atoms with Gasteiger partial charge in [-0.1, -0.05) is 28.1 Å². The van der Waals surface area contributed by atoms with Crippen LogP contribution in [0.5, 0.6) is 0 Å². The highest BCUT2D eigenvalue weighted by atomic mass is 79.9. The van der Waals surface area contributed by atoms with Crippen molar-refractivity contribution in [1.82, 2.24) is 0 Å². The van der Waals surface area contributed by atoms with Crippen LogP contribution in [0.25, 0.3) is 0 Å². The van der Waals surface area contributed by atoms with Gasteiger partial charge in [0, 0.05) is 22.3 Å². The quantitative estimate of drug-likeness (QED) is 0.737. The lowest BCUT2D eigenvalue weighted by Gasteiger charge is -1.99. The van der Waals surface area contributed by atoms with Crippen molar-refractivity contribution in [3.8, 4) is 0 Å². The second-order valence-electron chi connectivity index (χ2n) is 2.55. The van der Waals surface area contributed by atoms with Crippen LogP contribution < -0.4 is 0 Å². The predicted octanol–water partition coefficient (Wildman–Crippen LogP) is 2.94. The third-order valence-electron chi connectivity index (χ3n) is 1.66. The summed E-state index contributed by atoms with van der Waals surface area (Å²) in [7, 11) is 0. The number of benzene rings is 1. The SMILES string of the molecule is Brc1cccc(C2=NCCS2)c1. The standard InChI is InChI=1S/C9H8BrNS/c10-8-3-1-2-7(6-8)9-11-4-5-12-9/h1-3,6H,4-5H2. The summed E-state index contributed by atoms with van der Waals surface area (Å²) in [5.41, 5.74) is 1.23. The van der Waals surface area contributed by atoms with Gasteiger partial charge in [-0.3, -0.25) is 4.99 Å². The summed E-state index contributed by atoms with van der Waals surface area (Å²) >= 11 is 5.28. The van der Waals surface area contributed by atoms with E-state index >= 15 is 0 Å². The molecule has 0 N–H and O–H groups in total. The van der Waals surface area contributed by atoms with Gasteiger partial charge < -0.3 is 0 Å². The van der Waals surface area contributed by atoms with Crippen LogP contribution in [-0.2, 0) is 0 Å². The molecule has 2 rings (SSSR count). The van der Waals surface area contributed by atoms with Crippen LogP contribution in [0, 0.1) is 0 Å². The molecule has 0 atom stereocenters. The Hall–Kier alpha value is -0.280. The van der Waals surface area contributed by atoms with Gasteiger partial charge in [-0.05, 0) is 12.1 Å². The minimum atomic E-state index is 0.965. The zero-order valence-electron chi connectivity index (χ0n) is 6.46. The lowest BCUT2D eigenvalue weighted by molar-refractivity contribution is 1.17. The Morgan fingerprint density at radius 3 is 3.00 bits per heavy atom. The Labute approximate surface area is 84.4 Å². The molecular formula is C9H8BrNS. The Kier molecular flexibility index (Phi) is 2.51. The van der Waals surface area contributed by atoms with Crippen molar-refractivity contribution in [3.63, 3.8) is 0 Å². The van der Waals surface area contributed by atoms with Gasteiger partial charge >= 0.3 is 0 Å². The van der Waals surface area contributed by atoms with Crippen molar-refractivity contribution in [2.45, 2.75) is 0 Å². The average Bonchev–Trinajstić information content (AvgIpc) is 2.56. The van der Waals surface area contributed by atoms with E-state index in [0.29, 0.717) is 0 Å². The second-order valence-corrected chi connectivity index (χ2v) is 4.54. The fraction of sp³-hybridized carbons (Fsp3) is 0.222. The van der Waals surface area contributed by atoms with Crippen LogP contribution in [-0.4, -0.2) is 17.3 Å². The fourth-order valence-corrected chi connectivity index (χ4v) is 2.38. The van der Waals surface area contributed by atoms with Crippen LogP contribution in [0.3, 0.4) is 0 Å². The summed E-state index contributed by atoms with van der Waals surface area (Å²) in [5, 5.41) is 1.18. The summed E-state index contributed by atoms with van der Waals surface area (Å²) in [6, 6.07) is 8.28. The Balaban J connectivity index is 2.33. The summed E-state index contributed by atoms with van der Waals surface area (Å²) < 4.78 is 1.12. The van der Waals surface area contributed by atoms with E-state index in [0.717, 1.165) is 16.8 Å². The molecule has 0 unspecified atom stereocenters. The summed E-state index contributed by atoms with van der Waals surface area (Å²) in [4.78, 5) is 4.41. The first-order chi connectivity index (χ1) is 5.86. The van der Waals surface area contributed by atoms with Gasteiger partial charge in [-0.2, -0.15) is 0 Å². The second kappa shape index (κ2) is 3.62. The van der Waals surface area contributed by atoms with Gasteiger partial charge in [-0.15, -0.1) is 11.8 Å². The molecule has 0 saturated heterocycles. The molecule has 1 nitrogen and oxygen atoms in total. The number of thioether (sulfide) groups is 1. The molecule has 0 fully saturated rings. The maximum absolute atomic E-state index is 4.41. The van der Waals surface area contributed by atoms with Crippen LogP contribution in [0.2, 0.25) is 0 Å². The molecule has 1 aliphatic heterocycles. The number of hydrogen-bond acceptors (Lipinski definition) is 2. The highest BCUT2D eigenvalue weighted by Crippen LogP contribution is 2.21. The van der Waals surface area contributed by atoms with Crippen LogP contribution in [0.1, 0.15) is 5.56 Å². The van der Waals surface area contributed by atoms with Crippen molar-refractivity contribution < 1.29 is 0 Å². The van der Waals surface area contributed by atoms with Gasteiger partial charge in [0.15, 0.2) is 0 Å². The molecule has 0 aromatic heterocycles. The number of aliphatic imine (C=N–C) groups is 1. The zero-order chi connectivity index (χ0) is 8.39. The minimum Gasteiger partial charge on any atom is -0.277 e. The van der Waals surface area contributed by atoms with E-state index in [-0.39, 0.29) is 0 Å². The first-order valence-corrected chi connectivity index (χ1v) is 5.57. The number of halogens is 1.